The first-order valence-corrected chi connectivity index (χ1v) is 8.73. The molecule has 0 aliphatic rings. The fraction of sp³-hybridized carbons (Fsp3) is 0.0435. The Balaban J connectivity index is 1.63. The van der Waals surface area contributed by atoms with Crippen molar-refractivity contribution in [1.82, 2.24) is 0 Å². The lowest BCUT2D eigenvalue weighted by atomic mass is 10.1. The minimum atomic E-state index is -0.371. The molecule has 0 atom stereocenters. The number of hydrogen-bond donors (Lipinski definition) is 2. The van der Waals surface area contributed by atoms with E-state index < -0.39 is 0 Å². The molecule has 28 heavy (non-hydrogen) atoms. The van der Waals surface area contributed by atoms with Gasteiger partial charge in [0, 0.05) is 16.9 Å². The molecule has 0 bridgehead atoms. The molecule has 0 fully saturated rings. The van der Waals surface area contributed by atoms with Crippen LogP contribution in [-0.4, -0.2) is 18.9 Å². The molecule has 3 rings (SSSR count). The summed E-state index contributed by atoms with van der Waals surface area (Å²) >= 11 is 0. The van der Waals surface area contributed by atoms with Crippen molar-refractivity contribution < 1.29 is 14.3 Å². The smallest absolute Gasteiger partial charge is 0.323 e. The number of rotatable bonds is 6. The van der Waals surface area contributed by atoms with Crippen LogP contribution in [0.3, 0.4) is 0 Å². The topological polar surface area (TPSA) is 67.4 Å². The van der Waals surface area contributed by atoms with E-state index in [0.29, 0.717) is 16.9 Å². The number of ketones is 1. The van der Waals surface area contributed by atoms with E-state index in [1.54, 1.807) is 49.6 Å². The molecule has 0 aliphatic heterocycles. The van der Waals surface area contributed by atoms with Crippen LogP contribution in [0.2, 0.25) is 0 Å². The maximum Gasteiger partial charge on any atom is 0.323 e. The number of benzene rings is 3. The van der Waals surface area contributed by atoms with Gasteiger partial charge in [-0.15, -0.1) is 0 Å². The lowest BCUT2D eigenvalue weighted by molar-refractivity contribution is 0.104. The van der Waals surface area contributed by atoms with E-state index in [4.69, 9.17) is 4.74 Å². The first-order valence-electron chi connectivity index (χ1n) is 8.73. The highest BCUT2D eigenvalue weighted by Gasteiger charge is 2.06. The Morgan fingerprint density at radius 3 is 2.21 bits per heavy atom. The number of methoxy groups -OCH3 is 1. The Labute approximate surface area is 163 Å². The molecule has 0 heterocycles. The van der Waals surface area contributed by atoms with Gasteiger partial charge < -0.3 is 15.4 Å². The van der Waals surface area contributed by atoms with Crippen molar-refractivity contribution in [3.05, 3.63) is 96.1 Å². The molecule has 0 saturated carbocycles. The molecule has 5 heteroatoms. The van der Waals surface area contributed by atoms with Crippen LogP contribution >= 0.6 is 0 Å². The molecule has 0 unspecified atom stereocenters. The summed E-state index contributed by atoms with van der Waals surface area (Å²) in [6, 6.07) is 23.0. The number of carbonyl (C=O) groups is 2. The Morgan fingerprint density at radius 1 is 0.821 bits per heavy atom. The normalized spacial score (nSPS) is 10.5. The zero-order valence-electron chi connectivity index (χ0n) is 15.4. The number of allylic oxidation sites excluding steroid dienone is 1. The summed E-state index contributed by atoms with van der Waals surface area (Å²) in [6.45, 7) is 0. The molecular weight excluding hydrogens is 352 g/mol. The largest absolute Gasteiger partial charge is 0.497 e. The first-order chi connectivity index (χ1) is 13.6. The van der Waals surface area contributed by atoms with Gasteiger partial charge in [-0.1, -0.05) is 48.5 Å². The molecule has 0 spiro atoms. The number of para-hydroxylation sites is 1. The second-order valence-corrected chi connectivity index (χ2v) is 6.00. The highest BCUT2D eigenvalue weighted by molar-refractivity contribution is 6.08. The highest BCUT2D eigenvalue weighted by Crippen LogP contribution is 2.15. The molecule has 3 aromatic rings. The third kappa shape index (κ3) is 5.32. The molecule has 0 aliphatic carbocycles. The quantitative estimate of drug-likeness (QED) is 0.459. The lowest BCUT2D eigenvalue weighted by Gasteiger charge is -2.08. The van der Waals surface area contributed by atoms with Crippen LogP contribution in [-0.2, 0) is 0 Å². The van der Waals surface area contributed by atoms with E-state index in [-0.39, 0.29) is 11.8 Å². The summed E-state index contributed by atoms with van der Waals surface area (Å²) in [6.07, 6.45) is 3.24. The maximum atomic E-state index is 12.4. The summed E-state index contributed by atoms with van der Waals surface area (Å²) < 4.78 is 5.12. The number of ether oxygens (including phenoxy) is 1. The second kappa shape index (κ2) is 9.19. The number of carbonyl (C=O) groups excluding carboxylic acids is 2. The van der Waals surface area contributed by atoms with E-state index in [0.717, 1.165) is 11.3 Å². The van der Waals surface area contributed by atoms with Crippen molar-refractivity contribution >= 4 is 29.3 Å². The van der Waals surface area contributed by atoms with Crippen LogP contribution in [0.15, 0.2) is 84.9 Å². The monoisotopic (exact) mass is 372 g/mol. The van der Waals surface area contributed by atoms with Crippen molar-refractivity contribution in [3.8, 4) is 5.75 Å². The molecule has 5 nitrogen and oxygen atoms in total. The van der Waals surface area contributed by atoms with Gasteiger partial charge in [0.05, 0.1) is 7.11 Å². The molecule has 140 valence electrons. The highest BCUT2D eigenvalue weighted by atomic mass is 16.5. The number of anilines is 2. The van der Waals surface area contributed by atoms with Gasteiger partial charge in [0.1, 0.15) is 5.75 Å². The molecule has 3 aromatic carbocycles. The minimum Gasteiger partial charge on any atom is -0.497 e. The van der Waals surface area contributed by atoms with Gasteiger partial charge in [-0.05, 0) is 48.0 Å². The number of nitrogens with one attached hydrogen (secondary N) is 2. The Kier molecular flexibility index (Phi) is 6.21. The average Bonchev–Trinajstić information content (AvgIpc) is 2.73. The van der Waals surface area contributed by atoms with Gasteiger partial charge in [0.15, 0.2) is 5.78 Å². The van der Waals surface area contributed by atoms with E-state index in [1.807, 2.05) is 42.5 Å². The van der Waals surface area contributed by atoms with Crippen LogP contribution in [0.25, 0.3) is 6.08 Å². The van der Waals surface area contributed by atoms with Crippen molar-refractivity contribution in [1.29, 1.82) is 0 Å². The van der Waals surface area contributed by atoms with Gasteiger partial charge in [-0.2, -0.15) is 0 Å². The molecule has 2 N–H and O–H groups in total. The number of urea groups is 1. The van der Waals surface area contributed by atoms with Crippen LogP contribution in [0.1, 0.15) is 15.9 Å². The SMILES string of the molecule is COc1ccc(/C=C/C(=O)c2cccc(NC(=O)Nc3ccccc3)c2)cc1. The van der Waals surface area contributed by atoms with Crippen LogP contribution in [0.5, 0.6) is 5.75 Å². The van der Waals surface area contributed by atoms with Crippen LogP contribution in [0, 0.1) is 0 Å². The average molecular weight is 372 g/mol. The third-order valence-electron chi connectivity index (χ3n) is 3.98. The van der Waals surface area contributed by atoms with Gasteiger partial charge in [-0.3, -0.25) is 4.79 Å². The zero-order chi connectivity index (χ0) is 19.8. The van der Waals surface area contributed by atoms with Crippen molar-refractivity contribution in [2.24, 2.45) is 0 Å². The third-order valence-corrected chi connectivity index (χ3v) is 3.98. The van der Waals surface area contributed by atoms with Crippen molar-refractivity contribution in [2.45, 2.75) is 0 Å². The molecule has 0 aromatic heterocycles. The predicted molar refractivity (Wildman–Crippen MR) is 112 cm³/mol. The van der Waals surface area contributed by atoms with E-state index in [2.05, 4.69) is 10.6 Å². The minimum absolute atomic E-state index is 0.150. The second-order valence-electron chi connectivity index (χ2n) is 6.00. The van der Waals surface area contributed by atoms with E-state index in [1.165, 1.54) is 6.08 Å². The molecule has 2 amide bonds. The van der Waals surface area contributed by atoms with E-state index in [9.17, 15) is 9.59 Å². The molecule has 0 radical (unpaired) electrons. The summed E-state index contributed by atoms with van der Waals surface area (Å²) in [4.78, 5) is 24.5. The summed E-state index contributed by atoms with van der Waals surface area (Å²) in [5, 5.41) is 5.47. The maximum absolute atomic E-state index is 12.4. The molecule has 0 saturated heterocycles. The number of amides is 2. The summed E-state index contributed by atoms with van der Waals surface area (Å²) in [5.74, 6) is 0.610. The molecular formula is C23H20N2O3. The van der Waals surface area contributed by atoms with Crippen LogP contribution in [0.4, 0.5) is 16.2 Å². The fourth-order valence-electron chi connectivity index (χ4n) is 2.55. The van der Waals surface area contributed by atoms with Gasteiger partial charge in [0.2, 0.25) is 0 Å². The Hall–Kier alpha value is -3.86. The Bertz CT molecular complexity index is 980. The summed E-state index contributed by atoms with van der Waals surface area (Å²) in [5.41, 5.74) is 2.61. The van der Waals surface area contributed by atoms with Crippen molar-refractivity contribution in [2.75, 3.05) is 17.7 Å². The van der Waals surface area contributed by atoms with Gasteiger partial charge in [0.25, 0.3) is 0 Å². The number of hydrogen-bond acceptors (Lipinski definition) is 3. The first kappa shape index (κ1) is 18.9. The fourth-order valence-corrected chi connectivity index (χ4v) is 2.55. The van der Waals surface area contributed by atoms with Crippen molar-refractivity contribution in [3.63, 3.8) is 0 Å². The lowest BCUT2D eigenvalue weighted by Crippen LogP contribution is -2.19. The van der Waals surface area contributed by atoms with E-state index >= 15 is 0 Å². The van der Waals surface area contributed by atoms with Gasteiger partial charge >= 0.3 is 6.03 Å². The summed E-state index contributed by atoms with van der Waals surface area (Å²) in [7, 11) is 1.61. The van der Waals surface area contributed by atoms with Gasteiger partial charge in [-0.25, -0.2) is 4.79 Å². The standard InChI is InChI=1S/C23H20N2O3/c1-28-21-13-10-17(11-14-21)12-15-22(26)18-6-5-9-20(16-18)25-23(27)24-19-7-3-2-4-8-19/h2-16H,1H3,(H2,24,25,27)/b15-12+. The zero-order valence-corrected chi connectivity index (χ0v) is 15.4. The predicted octanol–water partition coefficient (Wildman–Crippen LogP) is 5.24. The Morgan fingerprint density at radius 2 is 1.50 bits per heavy atom. The van der Waals surface area contributed by atoms with Crippen LogP contribution < -0.4 is 15.4 Å².